The van der Waals surface area contributed by atoms with Crippen LogP contribution in [-0.2, 0) is 0 Å². The van der Waals surface area contributed by atoms with Crippen molar-refractivity contribution < 1.29 is 0 Å². The van der Waals surface area contributed by atoms with E-state index in [1.165, 1.54) is 5.69 Å². The lowest BCUT2D eigenvalue weighted by molar-refractivity contribution is 0.200. The van der Waals surface area contributed by atoms with Crippen molar-refractivity contribution in [2.24, 2.45) is 5.92 Å². The second kappa shape index (κ2) is 6.58. The normalized spacial score (nSPS) is 18.3. The van der Waals surface area contributed by atoms with Gasteiger partial charge in [0.15, 0.2) is 0 Å². The van der Waals surface area contributed by atoms with Crippen molar-refractivity contribution in [3.05, 3.63) is 30.3 Å². The van der Waals surface area contributed by atoms with Crippen molar-refractivity contribution >= 4 is 5.69 Å². The van der Waals surface area contributed by atoms with Gasteiger partial charge in [-0.3, -0.25) is 4.90 Å². The van der Waals surface area contributed by atoms with Crippen LogP contribution in [0.2, 0.25) is 0 Å². The van der Waals surface area contributed by atoms with E-state index in [1.54, 1.807) is 0 Å². The Hall–Kier alpha value is -1.53. The first-order chi connectivity index (χ1) is 9.20. The van der Waals surface area contributed by atoms with E-state index in [0.29, 0.717) is 5.92 Å². The summed E-state index contributed by atoms with van der Waals surface area (Å²) in [5.41, 5.74) is 1.29. The molecule has 3 heteroatoms. The fourth-order valence-corrected chi connectivity index (χ4v) is 2.66. The van der Waals surface area contributed by atoms with Crippen molar-refractivity contribution in [1.29, 1.82) is 5.26 Å². The van der Waals surface area contributed by atoms with E-state index >= 15 is 0 Å². The molecule has 0 radical (unpaired) electrons. The van der Waals surface area contributed by atoms with E-state index in [0.717, 1.165) is 32.6 Å². The highest BCUT2D eigenvalue weighted by Gasteiger charge is 2.24. The molecule has 0 aromatic heterocycles. The van der Waals surface area contributed by atoms with Crippen LogP contribution in [0.1, 0.15) is 20.3 Å². The first kappa shape index (κ1) is 13.9. The number of rotatable bonds is 4. The van der Waals surface area contributed by atoms with Crippen molar-refractivity contribution in [3.8, 4) is 6.07 Å². The van der Waals surface area contributed by atoms with Gasteiger partial charge in [-0.15, -0.1) is 0 Å². The lowest BCUT2D eigenvalue weighted by Crippen LogP contribution is -2.50. The molecule has 0 bridgehead atoms. The predicted octanol–water partition coefficient (Wildman–Crippen LogP) is 2.75. The molecule has 1 heterocycles. The predicted molar refractivity (Wildman–Crippen MR) is 79.1 cm³/mol. The molecule has 1 aliphatic heterocycles. The number of hydrogen-bond acceptors (Lipinski definition) is 3. The average molecular weight is 257 g/mol. The zero-order valence-corrected chi connectivity index (χ0v) is 11.9. The molecular formula is C16H23N3. The second-order valence-corrected chi connectivity index (χ2v) is 5.63. The largest absolute Gasteiger partial charge is 0.369 e. The summed E-state index contributed by atoms with van der Waals surface area (Å²) in [5.74, 6) is 0.580. The van der Waals surface area contributed by atoms with Gasteiger partial charge in [-0.25, -0.2) is 0 Å². The highest BCUT2D eigenvalue weighted by molar-refractivity contribution is 5.46. The van der Waals surface area contributed by atoms with Gasteiger partial charge in [0.25, 0.3) is 0 Å². The Kier molecular flexibility index (Phi) is 4.81. The molecule has 0 spiro atoms. The maximum atomic E-state index is 9.30. The van der Waals surface area contributed by atoms with Crippen LogP contribution in [0, 0.1) is 17.2 Å². The van der Waals surface area contributed by atoms with Gasteiger partial charge in [0.05, 0.1) is 12.1 Å². The lowest BCUT2D eigenvalue weighted by atomic mass is 10.0. The van der Waals surface area contributed by atoms with Gasteiger partial charge < -0.3 is 4.90 Å². The molecule has 0 aliphatic carbocycles. The molecule has 102 valence electrons. The third-order valence-electron chi connectivity index (χ3n) is 3.72. The topological polar surface area (TPSA) is 30.3 Å². The Morgan fingerprint density at radius 2 is 1.74 bits per heavy atom. The molecule has 1 aromatic rings. The van der Waals surface area contributed by atoms with Gasteiger partial charge >= 0.3 is 0 Å². The second-order valence-electron chi connectivity index (χ2n) is 5.63. The Balaban J connectivity index is 1.90. The zero-order valence-electron chi connectivity index (χ0n) is 11.9. The van der Waals surface area contributed by atoms with Gasteiger partial charge in [-0.1, -0.05) is 32.0 Å². The molecule has 1 aromatic carbocycles. The Morgan fingerprint density at radius 3 is 2.26 bits per heavy atom. The van der Waals surface area contributed by atoms with E-state index in [1.807, 2.05) is 6.07 Å². The summed E-state index contributed by atoms with van der Waals surface area (Å²) in [5, 5.41) is 9.30. The number of benzene rings is 1. The summed E-state index contributed by atoms with van der Waals surface area (Å²) in [6, 6.07) is 13.1. The molecule has 1 aliphatic rings. The number of hydrogen-bond donors (Lipinski definition) is 0. The smallest absolute Gasteiger partial charge is 0.0981 e. The van der Waals surface area contributed by atoms with Gasteiger partial charge in [0.2, 0.25) is 0 Å². The summed E-state index contributed by atoms with van der Waals surface area (Å²) >= 11 is 0. The molecule has 1 unspecified atom stereocenters. The lowest BCUT2D eigenvalue weighted by Gasteiger charge is -2.38. The maximum Gasteiger partial charge on any atom is 0.0981 e. The minimum Gasteiger partial charge on any atom is -0.369 e. The minimum absolute atomic E-state index is 0.0814. The Morgan fingerprint density at radius 1 is 1.11 bits per heavy atom. The summed E-state index contributed by atoms with van der Waals surface area (Å²) < 4.78 is 0. The highest BCUT2D eigenvalue weighted by atomic mass is 15.3. The molecule has 1 atom stereocenters. The number of piperazine rings is 1. The van der Waals surface area contributed by atoms with Gasteiger partial charge in [0, 0.05) is 31.9 Å². The molecule has 19 heavy (non-hydrogen) atoms. The molecule has 2 rings (SSSR count). The molecule has 0 saturated carbocycles. The van der Waals surface area contributed by atoms with Crippen molar-refractivity contribution in [3.63, 3.8) is 0 Å². The Bertz CT molecular complexity index is 413. The standard InChI is InChI=1S/C16H23N3/c1-14(2)12-16(13-17)19-10-8-18(9-11-19)15-6-4-3-5-7-15/h3-7,14,16H,8-12H2,1-2H3. The molecular weight excluding hydrogens is 234 g/mol. The van der Waals surface area contributed by atoms with Gasteiger partial charge in [0.1, 0.15) is 0 Å². The molecule has 1 fully saturated rings. The average Bonchev–Trinajstić information content (AvgIpc) is 2.46. The molecule has 0 amide bonds. The van der Waals surface area contributed by atoms with Gasteiger partial charge in [-0.2, -0.15) is 5.26 Å². The van der Waals surface area contributed by atoms with Crippen LogP contribution in [0.15, 0.2) is 30.3 Å². The fraction of sp³-hybridized carbons (Fsp3) is 0.562. The fourth-order valence-electron chi connectivity index (χ4n) is 2.66. The Labute approximate surface area is 116 Å². The molecule has 1 saturated heterocycles. The number of anilines is 1. The highest BCUT2D eigenvalue weighted by Crippen LogP contribution is 2.18. The van der Waals surface area contributed by atoms with E-state index in [4.69, 9.17) is 0 Å². The van der Waals surface area contributed by atoms with Crippen molar-refractivity contribution in [2.45, 2.75) is 26.3 Å². The first-order valence-corrected chi connectivity index (χ1v) is 7.14. The van der Waals surface area contributed by atoms with Crippen LogP contribution in [-0.4, -0.2) is 37.1 Å². The third kappa shape index (κ3) is 3.71. The third-order valence-corrected chi connectivity index (χ3v) is 3.72. The molecule has 3 nitrogen and oxygen atoms in total. The van der Waals surface area contributed by atoms with Crippen LogP contribution in [0.3, 0.4) is 0 Å². The van der Waals surface area contributed by atoms with E-state index in [-0.39, 0.29) is 6.04 Å². The summed E-state index contributed by atoms with van der Waals surface area (Å²) in [6.45, 7) is 8.37. The first-order valence-electron chi connectivity index (χ1n) is 7.14. The van der Waals surface area contributed by atoms with Crippen LogP contribution >= 0.6 is 0 Å². The maximum absolute atomic E-state index is 9.30. The number of nitriles is 1. The van der Waals surface area contributed by atoms with Crippen molar-refractivity contribution in [2.75, 3.05) is 31.1 Å². The SMILES string of the molecule is CC(C)CC(C#N)N1CCN(c2ccccc2)CC1. The molecule has 0 N–H and O–H groups in total. The van der Waals surface area contributed by atoms with Crippen LogP contribution in [0.4, 0.5) is 5.69 Å². The van der Waals surface area contributed by atoms with Gasteiger partial charge in [-0.05, 0) is 24.5 Å². The quantitative estimate of drug-likeness (QED) is 0.831. The van der Waals surface area contributed by atoms with E-state index in [9.17, 15) is 5.26 Å². The summed E-state index contributed by atoms with van der Waals surface area (Å²) in [7, 11) is 0. The zero-order chi connectivity index (χ0) is 13.7. The number of para-hydroxylation sites is 1. The number of nitrogens with zero attached hydrogens (tertiary/aromatic N) is 3. The summed E-state index contributed by atoms with van der Waals surface area (Å²) in [6.07, 6.45) is 0.974. The van der Waals surface area contributed by atoms with Crippen LogP contribution in [0.5, 0.6) is 0 Å². The van der Waals surface area contributed by atoms with Crippen LogP contribution in [0.25, 0.3) is 0 Å². The van der Waals surface area contributed by atoms with E-state index < -0.39 is 0 Å². The van der Waals surface area contributed by atoms with E-state index in [2.05, 4.69) is 54.0 Å². The minimum atomic E-state index is 0.0814. The monoisotopic (exact) mass is 257 g/mol. The summed E-state index contributed by atoms with van der Waals surface area (Å²) in [4.78, 5) is 4.74. The van der Waals surface area contributed by atoms with Crippen LogP contribution < -0.4 is 4.90 Å². The van der Waals surface area contributed by atoms with Crippen molar-refractivity contribution in [1.82, 2.24) is 4.90 Å².